The second-order valence-corrected chi connectivity index (χ2v) is 16.1. The molecule has 13 nitrogen and oxygen atoms in total. The lowest BCUT2D eigenvalue weighted by Gasteiger charge is -2.26. The number of carbonyl (C=O) groups is 3. The summed E-state index contributed by atoms with van der Waals surface area (Å²) in [6.07, 6.45) is 8.94. The van der Waals surface area contributed by atoms with Crippen LogP contribution in [0.5, 0.6) is 11.5 Å². The van der Waals surface area contributed by atoms with Crippen LogP contribution in [0.15, 0.2) is 36.4 Å². The number of aryl methyl sites for hydroxylation is 1. The van der Waals surface area contributed by atoms with Crippen LogP contribution in [0.4, 0.5) is 0 Å². The summed E-state index contributed by atoms with van der Waals surface area (Å²) in [5, 5.41) is 5.73. The molecule has 0 heterocycles. The molecule has 0 aromatic heterocycles. The van der Waals surface area contributed by atoms with Crippen molar-refractivity contribution in [3.05, 3.63) is 58.7 Å². The molecule has 2 aromatic carbocycles. The van der Waals surface area contributed by atoms with Crippen LogP contribution < -0.4 is 25.6 Å². The van der Waals surface area contributed by atoms with Gasteiger partial charge in [-0.05, 0) is 79.0 Å². The van der Waals surface area contributed by atoms with Gasteiger partial charge in [-0.2, -0.15) is 0 Å². The van der Waals surface area contributed by atoms with Crippen LogP contribution in [0.2, 0.25) is 0 Å². The SMILES string of the molecule is CC(=O)N[C@@H](Cc1ccc(OP(=O)(O)CP(=O)(O)O)cc1)C(=O)N[C@@H]1CCCCc2cc(OCC3CCCCC3)c(C(N)=O)cc21. The highest BCUT2D eigenvalue weighted by Crippen LogP contribution is 2.55. The molecular weight excluding hydrogens is 636 g/mol. The number of nitrogens with two attached hydrogens (primary N) is 1. The molecule has 1 fully saturated rings. The van der Waals surface area contributed by atoms with E-state index in [1.165, 1.54) is 50.5 Å². The highest BCUT2D eigenvalue weighted by molar-refractivity contribution is 7.70. The minimum absolute atomic E-state index is 0.0744. The van der Waals surface area contributed by atoms with Gasteiger partial charge in [0, 0.05) is 13.3 Å². The highest BCUT2D eigenvalue weighted by atomic mass is 31.2. The number of hydrogen-bond acceptors (Lipinski definition) is 7. The fraction of sp³-hybridized carbons (Fsp3) is 0.516. The number of hydrogen-bond donors (Lipinski definition) is 6. The summed E-state index contributed by atoms with van der Waals surface area (Å²) < 4.78 is 34.2. The van der Waals surface area contributed by atoms with Gasteiger partial charge in [-0.3, -0.25) is 18.9 Å². The summed E-state index contributed by atoms with van der Waals surface area (Å²) in [4.78, 5) is 66.0. The predicted octanol–water partition coefficient (Wildman–Crippen LogP) is 4.08. The average molecular weight is 680 g/mol. The van der Waals surface area contributed by atoms with Gasteiger partial charge in [-0.25, -0.2) is 4.57 Å². The molecule has 4 rings (SSSR count). The molecule has 46 heavy (non-hydrogen) atoms. The van der Waals surface area contributed by atoms with Crippen molar-refractivity contribution >= 4 is 32.9 Å². The van der Waals surface area contributed by atoms with E-state index in [-0.39, 0.29) is 17.7 Å². The maximum absolute atomic E-state index is 13.6. The van der Waals surface area contributed by atoms with Gasteiger partial charge in [0.1, 0.15) is 17.5 Å². The molecule has 2 aromatic rings. The number of fused-ring (bicyclic) bond motifs is 1. The predicted molar refractivity (Wildman–Crippen MR) is 171 cm³/mol. The second-order valence-electron chi connectivity index (χ2n) is 12.2. The average Bonchev–Trinajstić information content (AvgIpc) is 3.16. The van der Waals surface area contributed by atoms with Crippen LogP contribution in [-0.2, 0) is 31.6 Å². The van der Waals surface area contributed by atoms with Gasteiger partial charge >= 0.3 is 15.2 Å². The molecule has 0 aliphatic heterocycles. The zero-order valence-corrected chi connectivity index (χ0v) is 27.6. The maximum atomic E-state index is 13.6. The van der Waals surface area contributed by atoms with Crippen LogP contribution in [-0.4, -0.2) is 51.0 Å². The highest BCUT2D eigenvalue weighted by Gasteiger charge is 2.32. The quantitative estimate of drug-likeness (QED) is 0.132. The lowest BCUT2D eigenvalue weighted by atomic mass is 9.90. The van der Waals surface area contributed by atoms with Gasteiger partial charge in [0.2, 0.25) is 11.8 Å². The van der Waals surface area contributed by atoms with Crippen molar-refractivity contribution in [1.82, 2.24) is 10.6 Å². The van der Waals surface area contributed by atoms with Gasteiger partial charge in [0.05, 0.1) is 18.2 Å². The number of ether oxygens (including phenoxy) is 1. The summed E-state index contributed by atoms with van der Waals surface area (Å²) in [5.41, 5.74) is 8.39. The monoisotopic (exact) mass is 679 g/mol. The fourth-order valence-corrected chi connectivity index (χ4v) is 8.64. The molecule has 0 radical (unpaired) electrons. The molecule has 3 atom stereocenters. The maximum Gasteiger partial charge on any atom is 0.388 e. The van der Waals surface area contributed by atoms with E-state index in [0.717, 1.165) is 43.2 Å². The number of rotatable bonds is 13. The first-order chi connectivity index (χ1) is 21.7. The van der Waals surface area contributed by atoms with Crippen molar-refractivity contribution in [2.45, 2.75) is 83.2 Å². The molecule has 1 unspecified atom stereocenters. The number of carbonyl (C=O) groups excluding carboxylic acids is 3. The Morgan fingerprint density at radius 2 is 1.65 bits per heavy atom. The molecule has 1 saturated carbocycles. The van der Waals surface area contributed by atoms with E-state index in [1.54, 1.807) is 6.07 Å². The fourth-order valence-electron chi connectivity index (χ4n) is 6.10. The second kappa shape index (κ2) is 15.6. The third kappa shape index (κ3) is 10.7. The van der Waals surface area contributed by atoms with Crippen molar-refractivity contribution in [1.29, 1.82) is 0 Å². The molecule has 0 saturated heterocycles. The Morgan fingerprint density at radius 3 is 2.28 bits per heavy atom. The third-order valence-electron chi connectivity index (χ3n) is 8.26. The van der Waals surface area contributed by atoms with Crippen LogP contribution >= 0.6 is 15.2 Å². The van der Waals surface area contributed by atoms with Crippen LogP contribution in [0, 0.1) is 5.92 Å². The first-order valence-corrected chi connectivity index (χ1v) is 19.1. The standard InChI is InChI=1S/C31H43N3O10P2/c1-20(35)33-28(15-21-11-13-24(14-12-21)44-46(41,42)19-45(38,39)40)31(37)34-27-10-6-5-9-23-16-29(26(30(32)36)17-25(23)27)43-18-22-7-3-2-4-8-22/h11-14,16-17,22,27-28H,2-10,15,18-19H2,1H3,(H2,32,36)(H,33,35)(H,34,37)(H,41,42)(H2,38,39,40)/t27-,28+/m1/s1. The van der Waals surface area contributed by atoms with Gasteiger partial charge in [-0.1, -0.05) is 37.8 Å². The van der Waals surface area contributed by atoms with Crippen molar-refractivity contribution in [2.75, 3.05) is 12.5 Å². The Morgan fingerprint density at radius 1 is 0.978 bits per heavy atom. The molecular formula is C31H43N3O10P2. The van der Waals surface area contributed by atoms with Crippen LogP contribution in [0.1, 0.15) is 91.4 Å². The molecule has 252 valence electrons. The van der Waals surface area contributed by atoms with E-state index >= 15 is 0 Å². The zero-order valence-electron chi connectivity index (χ0n) is 25.9. The first kappa shape index (κ1) is 35.6. The van der Waals surface area contributed by atoms with Gasteiger partial charge < -0.3 is 40.3 Å². The van der Waals surface area contributed by atoms with Crippen molar-refractivity contribution in [3.8, 4) is 11.5 Å². The van der Waals surface area contributed by atoms with Gasteiger partial charge in [-0.15, -0.1) is 0 Å². The molecule has 15 heteroatoms. The zero-order chi connectivity index (χ0) is 33.5. The minimum Gasteiger partial charge on any atom is -0.492 e. The number of benzene rings is 2. The molecule has 0 bridgehead atoms. The molecule has 2 aliphatic rings. The Bertz CT molecular complexity index is 1500. The summed E-state index contributed by atoms with van der Waals surface area (Å²) in [6, 6.07) is 7.90. The van der Waals surface area contributed by atoms with Crippen molar-refractivity contribution < 1.29 is 47.5 Å². The Balaban J connectivity index is 1.49. The third-order valence-corrected chi connectivity index (χ3v) is 11.7. The van der Waals surface area contributed by atoms with Gasteiger partial charge in [0.25, 0.3) is 5.91 Å². The Kier molecular flexibility index (Phi) is 12.1. The van der Waals surface area contributed by atoms with E-state index in [9.17, 15) is 28.4 Å². The van der Waals surface area contributed by atoms with Crippen LogP contribution in [0.3, 0.4) is 0 Å². The Labute approximate surface area is 268 Å². The van der Waals surface area contributed by atoms with E-state index in [1.807, 2.05) is 6.07 Å². The largest absolute Gasteiger partial charge is 0.492 e. The lowest BCUT2D eigenvalue weighted by molar-refractivity contribution is -0.128. The van der Waals surface area contributed by atoms with E-state index < -0.39 is 50.9 Å². The van der Waals surface area contributed by atoms with Crippen molar-refractivity contribution in [3.63, 3.8) is 0 Å². The lowest BCUT2D eigenvalue weighted by Crippen LogP contribution is -2.48. The smallest absolute Gasteiger partial charge is 0.388 e. The molecule has 7 N–H and O–H groups in total. The van der Waals surface area contributed by atoms with Crippen LogP contribution in [0.25, 0.3) is 0 Å². The molecule has 0 spiro atoms. The Hall–Kier alpha value is -3.21. The van der Waals surface area contributed by atoms with Crippen molar-refractivity contribution in [2.24, 2.45) is 11.7 Å². The number of primary amides is 1. The number of nitrogens with one attached hydrogen (secondary N) is 2. The van der Waals surface area contributed by atoms with E-state index in [4.69, 9.17) is 24.8 Å². The topological polar surface area (TPSA) is 215 Å². The number of amides is 3. The molecule has 2 aliphatic carbocycles. The summed E-state index contributed by atoms with van der Waals surface area (Å²) in [7, 11) is -9.40. The normalized spacial score (nSPS) is 19.1. The molecule has 3 amide bonds. The summed E-state index contributed by atoms with van der Waals surface area (Å²) >= 11 is 0. The summed E-state index contributed by atoms with van der Waals surface area (Å²) in [6.45, 7) is 1.82. The summed E-state index contributed by atoms with van der Waals surface area (Å²) in [5.74, 6) is -1.98. The first-order valence-electron chi connectivity index (χ1n) is 15.5. The van der Waals surface area contributed by atoms with E-state index in [2.05, 4.69) is 10.6 Å². The minimum atomic E-state index is -4.79. The van der Waals surface area contributed by atoms with E-state index in [0.29, 0.717) is 30.3 Å². The van der Waals surface area contributed by atoms with Gasteiger partial charge in [0.15, 0.2) is 5.90 Å².